The number of aliphatic hydroxyl groups excluding tert-OH is 1. The molecule has 0 unspecified atom stereocenters. The Hall–Kier alpha value is -1.32. The number of benzene rings is 1. The second-order valence-corrected chi connectivity index (χ2v) is 5.36. The monoisotopic (exact) mass is 274 g/mol. The van der Waals surface area contributed by atoms with Gasteiger partial charge in [-0.15, -0.1) is 0 Å². The normalized spacial score (nSPS) is 11.7. The summed E-state index contributed by atoms with van der Waals surface area (Å²) >= 11 is 0. The summed E-state index contributed by atoms with van der Waals surface area (Å²) in [6, 6.07) is 4.29. The van der Waals surface area contributed by atoms with E-state index in [2.05, 4.69) is 49.0 Å². The molecule has 1 aromatic carbocycles. The summed E-state index contributed by atoms with van der Waals surface area (Å²) in [5, 5.41) is 10.6. The molecule has 20 heavy (non-hydrogen) atoms. The molecule has 0 aliphatic rings. The summed E-state index contributed by atoms with van der Waals surface area (Å²) in [6.45, 7) is 10.0. The fourth-order valence-corrected chi connectivity index (χ4v) is 2.88. The molecule has 0 fully saturated rings. The van der Waals surface area contributed by atoms with E-state index in [0.717, 1.165) is 32.5 Å². The highest BCUT2D eigenvalue weighted by Crippen LogP contribution is 2.26. The third kappa shape index (κ3) is 3.05. The topological polar surface area (TPSA) is 39.3 Å². The molecular formula is C17H26N2O. The zero-order valence-electron chi connectivity index (χ0n) is 12.9. The van der Waals surface area contributed by atoms with Crippen LogP contribution in [-0.4, -0.2) is 41.2 Å². The molecule has 0 saturated heterocycles. The molecule has 0 saturated carbocycles. The number of rotatable bonds is 7. The van der Waals surface area contributed by atoms with Gasteiger partial charge < -0.3 is 15.0 Å². The lowest BCUT2D eigenvalue weighted by molar-refractivity contribution is 0.300. The van der Waals surface area contributed by atoms with Crippen molar-refractivity contribution in [3.05, 3.63) is 35.0 Å². The highest BCUT2D eigenvalue weighted by molar-refractivity contribution is 5.89. The van der Waals surface area contributed by atoms with Crippen LogP contribution in [-0.2, 0) is 12.8 Å². The van der Waals surface area contributed by atoms with Gasteiger partial charge in [0.1, 0.15) is 0 Å². The second-order valence-electron chi connectivity index (χ2n) is 5.36. The van der Waals surface area contributed by atoms with Gasteiger partial charge in [-0.25, -0.2) is 0 Å². The fraction of sp³-hybridized carbons (Fsp3) is 0.529. The maximum Gasteiger partial charge on any atom is 0.0489 e. The molecule has 2 N–H and O–H groups in total. The van der Waals surface area contributed by atoms with E-state index in [-0.39, 0.29) is 6.61 Å². The molecule has 1 aromatic heterocycles. The first-order valence-electron chi connectivity index (χ1n) is 7.62. The summed E-state index contributed by atoms with van der Waals surface area (Å²) in [5.41, 5.74) is 5.13. The second kappa shape index (κ2) is 6.91. The number of aromatic amines is 1. The zero-order chi connectivity index (χ0) is 14.5. The number of fused-ring (bicyclic) bond motifs is 1. The molecule has 0 radical (unpaired) electrons. The van der Waals surface area contributed by atoms with Crippen molar-refractivity contribution >= 4 is 10.9 Å². The average molecular weight is 274 g/mol. The van der Waals surface area contributed by atoms with E-state index < -0.39 is 0 Å². The zero-order valence-corrected chi connectivity index (χ0v) is 12.9. The van der Waals surface area contributed by atoms with E-state index in [1.165, 1.54) is 27.6 Å². The number of aromatic nitrogens is 1. The number of nitrogens with zero attached hydrogens (tertiary/aromatic N) is 1. The molecular weight excluding hydrogens is 248 g/mol. The van der Waals surface area contributed by atoms with Gasteiger partial charge in [-0.1, -0.05) is 26.0 Å². The van der Waals surface area contributed by atoms with Gasteiger partial charge in [0.25, 0.3) is 0 Å². The largest absolute Gasteiger partial charge is 0.396 e. The lowest BCUT2D eigenvalue weighted by Crippen LogP contribution is -2.25. The Bertz CT molecular complexity index is 555. The number of aliphatic hydroxyl groups is 1. The van der Waals surface area contributed by atoms with Gasteiger partial charge in [0.05, 0.1) is 0 Å². The SMILES string of the molecule is CCN(CC)CCc1c[nH]c2c(C)ccc(CCO)c12. The van der Waals surface area contributed by atoms with Crippen LogP contribution >= 0.6 is 0 Å². The first kappa shape index (κ1) is 15.1. The minimum absolute atomic E-state index is 0.207. The van der Waals surface area contributed by atoms with Crippen LogP contribution in [0.15, 0.2) is 18.3 Å². The van der Waals surface area contributed by atoms with Crippen molar-refractivity contribution in [1.29, 1.82) is 0 Å². The van der Waals surface area contributed by atoms with Crippen molar-refractivity contribution in [3.63, 3.8) is 0 Å². The smallest absolute Gasteiger partial charge is 0.0489 e. The van der Waals surface area contributed by atoms with Crippen LogP contribution in [0.3, 0.4) is 0 Å². The number of aryl methyl sites for hydroxylation is 1. The predicted octanol–water partition coefficient (Wildman–Crippen LogP) is 2.90. The molecule has 2 aromatic rings. The molecule has 0 amide bonds. The Labute approximate surface area is 121 Å². The maximum atomic E-state index is 9.25. The van der Waals surface area contributed by atoms with Crippen molar-refractivity contribution in [2.75, 3.05) is 26.2 Å². The van der Waals surface area contributed by atoms with Gasteiger partial charge in [0.15, 0.2) is 0 Å². The van der Waals surface area contributed by atoms with Crippen molar-refractivity contribution in [1.82, 2.24) is 9.88 Å². The van der Waals surface area contributed by atoms with Gasteiger partial charge >= 0.3 is 0 Å². The van der Waals surface area contributed by atoms with E-state index in [4.69, 9.17) is 0 Å². The van der Waals surface area contributed by atoms with Gasteiger partial charge in [-0.05, 0) is 49.5 Å². The Morgan fingerprint density at radius 2 is 1.85 bits per heavy atom. The number of hydrogen-bond acceptors (Lipinski definition) is 2. The standard InChI is InChI=1S/C17H26N2O/c1-4-19(5-2)10-8-15-12-18-17-13(3)6-7-14(9-11-20)16(15)17/h6-7,12,18,20H,4-5,8-11H2,1-3H3. The molecule has 0 spiro atoms. The average Bonchev–Trinajstić information content (AvgIpc) is 2.88. The van der Waals surface area contributed by atoms with E-state index in [1.807, 2.05) is 0 Å². The molecule has 110 valence electrons. The van der Waals surface area contributed by atoms with Crippen LogP contribution in [0.1, 0.15) is 30.5 Å². The van der Waals surface area contributed by atoms with E-state index in [1.54, 1.807) is 0 Å². The van der Waals surface area contributed by atoms with E-state index in [0.29, 0.717) is 0 Å². The first-order valence-corrected chi connectivity index (χ1v) is 7.62. The number of H-pyrrole nitrogens is 1. The summed E-state index contributed by atoms with van der Waals surface area (Å²) in [6.07, 6.45) is 3.93. The van der Waals surface area contributed by atoms with Gasteiger partial charge in [0, 0.05) is 30.3 Å². The maximum absolute atomic E-state index is 9.25. The quantitative estimate of drug-likeness (QED) is 0.815. The number of likely N-dealkylation sites (N-methyl/N-ethyl adjacent to an activating group) is 1. The number of hydrogen-bond donors (Lipinski definition) is 2. The molecule has 2 rings (SSSR count). The Morgan fingerprint density at radius 3 is 2.50 bits per heavy atom. The van der Waals surface area contributed by atoms with Crippen molar-refractivity contribution < 1.29 is 5.11 Å². The van der Waals surface area contributed by atoms with Gasteiger partial charge in [-0.3, -0.25) is 0 Å². The minimum Gasteiger partial charge on any atom is -0.396 e. The summed E-state index contributed by atoms with van der Waals surface area (Å²) < 4.78 is 0. The molecule has 1 heterocycles. The molecule has 0 atom stereocenters. The van der Waals surface area contributed by atoms with Crippen molar-refractivity contribution in [2.24, 2.45) is 0 Å². The van der Waals surface area contributed by atoms with Crippen LogP contribution in [0.2, 0.25) is 0 Å². The lowest BCUT2D eigenvalue weighted by atomic mass is 9.99. The Balaban J connectivity index is 2.31. The summed E-state index contributed by atoms with van der Waals surface area (Å²) in [5.74, 6) is 0. The van der Waals surface area contributed by atoms with Crippen molar-refractivity contribution in [2.45, 2.75) is 33.6 Å². The van der Waals surface area contributed by atoms with Crippen LogP contribution < -0.4 is 0 Å². The molecule has 3 nitrogen and oxygen atoms in total. The highest BCUT2D eigenvalue weighted by Gasteiger charge is 2.11. The van der Waals surface area contributed by atoms with Crippen LogP contribution in [0.5, 0.6) is 0 Å². The predicted molar refractivity (Wildman–Crippen MR) is 85.3 cm³/mol. The molecule has 3 heteroatoms. The number of nitrogens with one attached hydrogen (secondary N) is 1. The van der Waals surface area contributed by atoms with Gasteiger partial charge in [0.2, 0.25) is 0 Å². The summed E-state index contributed by atoms with van der Waals surface area (Å²) in [4.78, 5) is 5.86. The lowest BCUT2D eigenvalue weighted by Gasteiger charge is -2.17. The van der Waals surface area contributed by atoms with Gasteiger partial charge in [-0.2, -0.15) is 0 Å². The highest BCUT2D eigenvalue weighted by atomic mass is 16.2. The fourth-order valence-electron chi connectivity index (χ4n) is 2.88. The third-order valence-corrected chi connectivity index (χ3v) is 4.18. The third-order valence-electron chi connectivity index (χ3n) is 4.18. The molecule has 0 aliphatic carbocycles. The molecule has 0 aliphatic heterocycles. The Kier molecular flexibility index (Phi) is 5.21. The minimum atomic E-state index is 0.207. The van der Waals surface area contributed by atoms with E-state index in [9.17, 15) is 5.11 Å². The van der Waals surface area contributed by atoms with Crippen LogP contribution in [0, 0.1) is 6.92 Å². The summed E-state index contributed by atoms with van der Waals surface area (Å²) in [7, 11) is 0. The van der Waals surface area contributed by atoms with Crippen LogP contribution in [0.25, 0.3) is 10.9 Å². The van der Waals surface area contributed by atoms with E-state index >= 15 is 0 Å². The Morgan fingerprint density at radius 1 is 1.10 bits per heavy atom. The molecule has 0 bridgehead atoms. The van der Waals surface area contributed by atoms with Crippen molar-refractivity contribution in [3.8, 4) is 0 Å². The first-order chi connectivity index (χ1) is 9.71. The van der Waals surface area contributed by atoms with Crippen LogP contribution in [0.4, 0.5) is 0 Å².